The topological polar surface area (TPSA) is 45.4 Å². The number of likely N-dealkylation sites (N-methyl/N-ethyl adjacent to an activating group) is 1. The molecule has 0 aromatic carbocycles. The molecule has 1 aromatic rings. The Balaban J connectivity index is 2.86. The quantitative estimate of drug-likeness (QED) is 0.819. The summed E-state index contributed by atoms with van der Waals surface area (Å²) in [6.07, 6.45) is 1.86. The summed E-state index contributed by atoms with van der Waals surface area (Å²) < 4.78 is 0. The lowest BCUT2D eigenvalue weighted by Gasteiger charge is -2.27. The minimum Gasteiger partial charge on any atom is -0.355 e. The average molecular weight is 264 g/mol. The standard InChI is InChI=1S/C15H28N4/c1-12(2)11-19(9-8-18(4)5)15-10-14(13(3)16)6-7-17-15/h6-7,10,12-13H,8-9,11,16H2,1-5H3/t13-/m1/s1. The van der Waals surface area contributed by atoms with E-state index in [0.29, 0.717) is 5.92 Å². The normalized spacial score (nSPS) is 13.1. The molecule has 4 nitrogen and oxygen atoms in total. The first-order valence-corrected chi connectivity index (χ1v) is 7.01. The van der Waals surface area contributed by atoms with E-state index in [9.17, 15) is 0 Å². The van der Waals surface area contributed by atoms with Gasteiger partial charge in [-0.15, -0.1) is 0 Å². The highest BCUT2D eigenvalue weighted by Gasteiger charge is 2.11. The fourth-order valence-electron chi connectivity index (χ4n) is 1.95. The fourth-order valence-corrected chi connectivity index (χ4v) is 1.95. The summed E-state index contributed by atoms with van der Waals surface area (Å²) in [5.74, 6) is 1.65. The van der Waals surface area contributed by atoms with Crippen LogP contribution in [0, 0.1) is 5.92 Å². The summed E-state index contributed by atoms with van der Waals surface area (Å²) in [6, 6.07) is 4.16. The molecule has 0 saturated heterocycles. The van der Waals surface area contributed by atoms with Gasteiger partial charge in [0.15, 0.2) is 0 Å². The van der Waals surface area contributed by atoms with Crippen molar-refractivity contribution in [2.45, 2.75) is 26.8 Å². The van der Waals surface area contributed by atoms with Crippen LogP contribution in [0.25, 0.3) is 0 Å². The van der Waals surface area contributed by atoms with Crippen LogP contribution in [-0.4, -0.2) is 43.6 Å². The zero-order valence-corrected chi connectivity index (χ0v) is 12.9. The van der Waals surface area contributed by atoms with E-state index in [2.05, 4.69) is 48.8 Å². The van der Waals surface area contributed by atoms with Gasteiger partial charge in [-0.1, -0.05) is 13.8 Å². The number of rotatable bonds is 7. The lowest BCUT2D eigenvalue weighted by molar-refractivity contribution is 0.408. The number of nitrogens with zero attached hydrogens (tertiary/aromatic N) is 3. The van der Waals surface area contributed by atoms with Crippen LogP contribution < -0.4 is 10.6 Å². The van der Waals surface area contributed by atoms with Crippen LogP contribution in [0.4, 0.5) is 5.82 Å². The van der Waals surface area contributed by atoms with Gasteiger partial charge in [0.2, 0.25) is 0 Å². The molecule has 0 amide bonds. The summed E-state index contributed by atoms with van der Waals surface area (Å²) in [5, 5.41) is 0. The molecule has 4 heteroatoms. The van der Waals surface area contributed by atoms with Crippen LogP contribution in [0.3, 0.4) is 0 Å². The van der Waals surface area contributed by atoms with Gasteiger partial charge in [-0.2, -0.15) is 0 Å². The molecular formula is C15H28N4. The molecule has 0 aliphatic carbocycles. The first-order chi connectivity index (χ1) is 8.90. The third-order valence-electron chi connectivity index (χ3n) is 3.02. The van der Waals surface area contributed by atoms with E-state index in [4.69, 9.17) is 5.73 Å². The summed E-state index contributed by atoms with van der Waals surface area (Å²) >= 11 is 0. The number of pyridine rings is 1. The number of nitrogens with two attached hydrogens (primary N) is 1. The molecule has 19 heavy (non-hydrogen) atoms. The Morgan fingerprint density at radius 2 is 1.89 bits per heavy atom. The van der Waals surface area contributed by atoms with Crippen LogP contribution in [0.2, 0.25) is 0 Å². The predicted molar refractivity (Wildman–Crippen MR) is 82.4 cm³/mol. The van der Waals surface area contributed by atoms with Crippen molar-refractivity contribution in [3.63, 3.8) is 0 Å². The zero-order valence-electron chi connectivity index (χ0n) is 12.9. The van der Waals surface area contributed by atoms with Gasteiger partial charge in [0.25, 0.3) is 0 Å². The summed E-state index contributed by atoms with van der Waals surface area (Å²) in [6.45, 7) is 9.50. The Morgan fingerprint density at radius 3 is 2.42 bits per heavy atom. The molecule has 1 atom stereocenters. The molecule has 108 valence electrons. The number of aromatic nitrogens is 1. The molecule has 0 unspecified atom stereocenters. The van der Waals surface area contributed by atoms with Gasteiger partial charge in [0, 0.05) is 31.9 Å². The zero-order chi connectivity index (χ0) is 14.4. The Bertz CT molecular complexity index is 374. The molecule has 1 heterocycles. The molecule has 0 spiro atoms. The summed E-state index contributed by atoms with van der Waals surface area (Å²) in [7, 11) is 4.19. The average Bonchev–Trinajstić information content (AvgIpc) is 2.34. The molecule has 1 rings (SSSR count). The van der Waals surface area contributed by atoms with Crippen LogP contribution in [0.5, 0.6) is 0 Å². The van der Waals surface area contributed by atoms with Crippen molar-refractivity contribution in [1.29, 1.82) is 0 Å². The molecule has 0 fully saturated rings. The van der Waals surface area contributed by atoms with Crippen molar-refractivity contribution in [3.05, 3.63) is 23.9 Å². The second kappa shape index (κ2) is 7.46. The maximum absolute atomic E-state index is 5.95. The highest BCUT2D eigenvalue weighted by atomic mass is 15.2. The highest BCUT2D eigenvalue weighted by Crippen LogP contribution is 2.17. The van der Waals surface area contributed by atoms with Gasteiger partial charge in [-0.05, 0) is 44.6 Å². The van der Waals surface area contributed by atoms with Crippen LogP contribution in [-0.2, 0) is 0 Å². The van der Waals surface area contributed by atoms with Crippen molar-refractivity contribution >= 4 is 5.82 Å². The second-order valence-corrected chi connectivity index (χ2v) is 5.88. The third-order valence-corrected chi connectivity index (χ3v) is 3.02. The summed E-state index contributed by atoms with van der Waals surface area (Å²) in [4.78, 5) is 9.05. The van der Waals surface area contributed by atoms with E-state index < -0.39 is 0 Å². The molecule has 0 aliphatic rings. The van der Waals surface area contributed by atoms with Gasteiger partial charge in [-0.25, -0.2) is 4.98 Å². The maximum Gasteiger partial charge on any atom is 0.128 e. The van der Waals surface area contributed by atoms with E-state index in [0.717, 1.165) is 31.0 Å². The van der Waals surface area contributed by atoms with E-state index in [1.54, 1.807) is 0 Å². The van der Waals surface area contributed by atoms with Gasteiger partial charge in [-0.3, -0.25) is 0 Å². The molecular weight excluding hydrogens is 236 g/mol. The molecule has 1 aromatic heterocycles. The third kappa shape index (κ3) is 5.57. The van der Waals surface area contributed by atoms with Crippen LogP contribution in [0.1, 0.15) is 32.4 Å². The van der Waals surface area contributed by atoms with E-state index in [-0.39, 0.29) is 6.04 Å². The smallest absolute Gasteiger partial charge is 0.128 e. The Labute approximate surface area is 117 Å². The second-order valence-electron chi connectivity index (χ2n) is 5.88. The van der Waals surface area contributed by atoms with Crippen molar-refractivity contribution in [1.82, 2.24) is 9.88 Å². The molecule has 0 bridgehead atoms. The Morgan fingerprint density at radius 1 is 1.21 bits per heavy atom. The minimum absolute atomic E-state index is 0.0523. The largest absolute Gasteiger partial charge is 0.355 e. The predicted octanol–water partition coefficient (Wildman–Crippen LogP) is 2.13. The SMILES string of the molecule is CC(C)CN(CCN(C)C)c1cc([C@@H](C)N)ccn1. The number of hydrogen-bond donors (Lipinski definition) is 1. The van der Waals surface area contributed by atoms with Gasteiger partial charge in [0.1, 0.15) is 5.82 Å². The number of anilines is 1. The van der Waals surface area contributed by atoms with Crippen molar-refractivity contribution < 1.29 is 0 Å². The lowest BCUT2D eigenvalue weighted by Crippen LogP contribution is -2.35. The Kier molecular flexibility index (Phi) is 6.25. The highest BCUT2D eigenvalue weighted by molar-refractivity contribution is 5.41. The minimum atomic E-state index is 0.0523. The fraction of sp³-hybridized carbons (Fsp3) is 0.667. The first kappa shape index (κ1) is 15.9. The molecule has 0 saturated carbocycles. The van der Waals surface area contributed by atoms with Gasteiger partial charge >= 0.3 is 0 Å². The monoisotopic (exact) mass is 264 g/mol. The number of hydrogen-bond acceptors (Lipinski definition) is 4. The van der Waals surface area contributed by atoms with Crippen molar-refractivity contribution in [2.75, 3.05) is 38.6 Å². The van der Waals surface area contributed by atoms with Crippen molar-refractivity contribution in [2.24, 2.45) is 11.7 Å². The van der Waals surface area contributed by atoms with Gasteiger partial charge in [0.05, 0.1) is 0 Å². The van der Waals surface area contributed by atoms with E-state index >= 15 is 0 Å². The van der Waals surface area contributed by atoms with Crippen LogP contribution >= 0.6 is 0 Å². The molecule has 0 radical (unpaired) electrons. The van der Waals surface area contributed by atoms with Crippen molar-refractivity contribution in [3.8, 4) is 0 Å². The van der Waals surface area contributed by atoms with Crippen LogP contribution in [0.15, 0.2) is 18.3 Å². The van der Waals surface area contributed by atoms with E-state index in [1.807, 2.05) is 19.2 Å². The van der Waals surface area contributed by atoms with Gasteiger partial charge < -0.3 is 15.5 Å². The lowest BCUT2D eigenvalue weighted by atomic mass is 10.1. The molecule has 2 N–H and O–H groups in total. The molecule has 0 aliphatic heterocycles. The maximum atomic E-state index is 5.95. The Hall–Kier alpha value is -1.13. The summed E-state index contributed by atoms with van der Waals surface area (Å²) in [5.41, 5.74) is 7.09. The first-order valence-electron chi connectivity index (χ1n) is 7.01. The van der Waals surface area contributed by atoms with E-state index in [1.165, 1.54) is 0 Å².